The number of nitrogens with two attached hydrogens (primary N) is 1. The van der Waals surface area contributed by atoms with Gasteiger partial charge in [-0.05, 0) is 29.7 Å². The van der Waals surface area contributed by atoms with Crippen molar-refractivity contribution in [3.63, 3.8) is 0 Å². The van der Waals surface area contributed by atoms with Gasteiger partial charge in [0, 0.05) is 12.6 Å². The molecule has 1 aliphatic heterocycles. The summed E-state index contributed by atoms with van der Waals surface area (Å²) < 4.78 is 6.17. The summed E-state index contributed by atoms with van der Waals surface area (Å²) in [6.07, 6.45) is 2.36. The van der Waals surface area contributed by atoms with Gasteiger partial charge < -0.3 is 20.1 Å². The Morgan fingerprint density at radius 2 is 1.68 bits per heavy atom. The molecule has 3 atom stereocenters. The van der Waals surface area contributed by atoms with Crippen LogP contribution < -0.4 is 5.73 Å². The van der Waals surface area contributed by atoms with Crippen molar-refractivity contribution in [3.05, 3.63) is 95.8 Å². The number of aliphatic hydroxyl groups is 1. The Morgan fingerprint density at radius 3 is 2.21 bits per heavy atom. The second-order valence-electron chi connectivity index (χ2n) is 8.95. The van der Waals surface area contributed by atoms with Crippen LogP contribution in [-0.4, -0.2) is 57.9 Å². The van der Waals surface area contributed by atoms with Crippen molar-refractivity contribution in [1.82, 2.24) is 10.2 Å². The molecule has 1 aromatic heterocycles. The molecule has 2 unspecified atom stereocenters. The molecule has 4 rings (SSSR count). The SMILES string of the molecule is C[N+]1(C(C(N)=O)c2cccnn2)CCC[C@@H](OC(=O)C(O)(c2ccccc2)c2ccccc2)C1. The molecule has 0 radical (unpaired) electrons. The van der Waals surface area contributed by atoms with Gasteiger partial charge in [-0.1, -0.05) is 60.7 Å². The topological polar surface area (TPSA) is 115 Å². The Labute approximate surface area is 198 Å². The van der Waals surface area contributed by atoms with Crippen molar-refractivity contribution in [2.24, 2.45) is 5.73 Å². The quantitative estimate of drug-likeness (QED) is 0.411. The van der Waals surface area contributed by atoms with Crippen LogP contribution in [0.2, 0.25) is 0 Å². The van der Waals surface area contributed by atoms with Crippen LogP contribution in [0.15, 0.2) is 79.0 Å². The van der Waals surface area contributed by atoms with E-state index in [1.807, 2.05) is 19.2 Å². The molecule has 1 fully saturated rings. The first-order chi connectivity index (χ1) is 16.3. The number of likely N-dealkylation sites (N-methyl/N-ethyl adjacent to an activating group) is 1. The van der Waals surface area contributed by atoms with E-state index in [2.05, 4.69) is 10.2 Å². The zero-order valence-electron chi connectivity index (χ0n) is 19.1. The van der Waals surface area contributed by atoms with E-state index < -0.39 is 29.6 Å². The molecule has 2 heterocycles. The molecular weight excluding hydrogens is 432 g/mol. The van der Waals surface area contributed by atoms with E-state index in [9.17, 15) is 14.7 Å². The van der Waals surface area contributed by atoms with Crippen molar-refractivity contribution >= 4 is 11.9 Å². The number of esters is 1. The fraction of sp³-hybridized carbons (Fsp3) is 0.308. The number of aromatic nitrogens is 2. The monoisotopic (exact) mass is 461 g/mol. The van der Waals surface area contributed by atoms with Gasteiger partial charge in [0.25, 0.3) is 5.91 Å². The number of rotatable bonds is 7. The summed E-state index contributed by atoms with van der Waals surface area (Å²) in [5, 5.41) is 19.7. The number of hydrogen-bond donors (Lipinski definition) is 2. The lowest BCUT2D eigenvalue weighted by Gasteiger charge is -2.44. The van der Waals surface area contributed by atoms with E-state index in [1.54, 1.807) is 60.7 Å². The summed E-state index contributed by atoms with van der Waals surface area (Å²) >= 11 is 0. The van der Waals surface area contributed by atoms with Gasteiger partial charge in [0.05, 0.1) is 13.6 Å². The number of benzene rings is 2. The minimum atomic E-state index is -1.96. The maximum Gasteiger partial charge on any atom is 0.348 e. The van der Waals surface area contributed by atoms with Crippen LogP contribution >= 0.6 is 0 Å². The molecule has 8 heteroatoms. The molecule has 3 N–H and O–H groups in total. The number of piperidine rings is 1. The Hall–Kier alpha value is -3.62. The Morgan fingerprint density at radius 1 is 1.06 bits per heavy atom. The lowest BCUT2D eigenvalue weighted by molar-refractivity contribution is -0.937. The van der Waals surface area contributed by atoms with Gasteiger partial charge in [-0.2, -0.15) is 5.10 Å². The van der Waals surface area contributed by atoms with E-state index >= 15 is 0 Å². The number of nitrogens with zero attached hydrogens (tertiary/aromatic N) is 3. The summed E-state index contributed by atoms with van der Waals surface area (Å²) in [5.74, 6) is -1.27. The molecule has 1 amide bonds. The van der Waals surface area contributed by atoms with Crippen LogP contribution in [0.5, 0.6) is 0 Å². The number of hydrogen-bond acceptors (Lipinski definition) is 6. The van der Waals surface area contributed by atoms with Crippen molar-refractivity contribution in [2.45, 2.75) is 30.6 Å². The average Bonchev–Trinajstić information content (AvgIpc) is 2.85. The van der Waals surface area contributed by atoms with E-state index in [4.69, 9.17) is 10.5 Å². The van der Waals surface area contributed by atoms with Gasteiger partial charge in [-0.15, -0.1) is 5.10 Å². The minimum absolute atomic E-state index is 0.237. The summed E-state index contributed by atoms with van der Waals surface area (Å²) in [6.45, 7) is 1.02. The Kier molecular flexibility index (Phi) is 6.72. The van der Waals surface area contributed by atoms with Gasteiger partial charge in [-0.3, -0.25) is 4.79 Å². The fourth-order valence-electron chi connectivity index (χ4n) is 4.89. The molecule has 0 spiro atoms. The van der Waals surface area contributed by atoms with Crippen LogP contribution in [0.4, 0.5) is 0 Å². The molecule has 0 saturated carbocycles. The highest BCUT2D eigenvalue weighted by Gasteiger charge is 2.47. The zero-order chi connectivity index (χ0) is 24.2. The standard InChI is InChI=1S/C26H28N4O4/c1-30(23(24(27)31)22-15-8-16-28-29-22)17-9-14-21(18-30)34-25(32)26(33,19-10-4-2-5-11-19)20-12-6-3-7-13-20/h2-8,10-13,15-16,21,23,33H,9,14,17-18H2,1H3,(H-,27,31)/p+1/t21-,23?,30?/m1/s1. The first-order valence-electron chi connectivity index (χ1n) is 11.3. The van der Waals surface area contributed by atoms with Crippen LogP contribution in [-0.2, 0) is 19.9 Å². The molecule has 0 aliphatic carbocycles. The van der Waals surface area contributed by atoms with Gasteiger partial charge >= 0.3 is 5.97 Å². The predicted molar refractivity (Wildman–Crippen MR) is 125 cm³/mol. The number of carbonyl (C=O) groups is 2. The van der Waals surface area contributed by atoms with Gasteiger partial charge in [0.15, 0.2) is 6.10 Å². The molecule has 8 nitrogen and oxygen atoms in total. The van der Waals surface area contributed by atoms with E-state index in [-0.39, 0.29) is 4.48 Å². The summed E-state index contributed by atoms with van der Waals surface area (Å²) in [7, 11) is 1.91. The Bertz CT molecular complexity index is 1090. The van der Waals surface area contributed by atoms with E-state index in [0.29, 0.717) is 42.8 Å². The van der Waals surface area contributed by atoms with Crippen molar-refractivity contribution in [1.29, 1.82) is 0 Å². The first-order valence-corrected chi connectivity index (χ1v) is 11.3. The molecule has 176 valence electrons. The highest BCUT2D eigenvalue weighted by Crippen LogP contribution is 2.35. The maximum absolute atomic E-state index is 13.5. The minimum Gasteiger partial charge on any atom is -0.454 e. The summed E-state index contributed by atoms with van der Waals surface area (Å²) in [6, 6.07) is 20.2. The van der Waals surface area contributed by atoms with Crippen molar-refractivity contribution in [3.8, 4) is 0 Å². The third-order valence-corrected chi connectivity index (χ3v) is 6.53. The van der Waals surface area contributed by atoms with Gasteiger partial charge in [-0.25, -0.2) is 4.79 Å². The maximum atomic E-state index is 13.5. The lowest BCUT2D eigenvalue weighted by Crippen LogP contribution is -2.59. The number of ether oxygens (including phenoxy) is 1. The van der Waals surface area contributed by atoms with Crippen molar-refractivity contribution < 1.29 is 23.9 Å². The third-order valence-electron chi connectivity index (χ3n) is 6.53. The number of primary amides is 1. The third kappa shape index (κ3) is 4.55. The number of likely N-dealkylation sites (tertiary alicyclic amines) is 1. The number of amides is 1. The second kappa shape index (κ2) is 9.70. The van der Waals surface area contributed by atoms with Crippen LogP contribution in [0.25, 0.3) is 0 Å². The van der Waals surface area contributed by atoms with Crippen LogP contribution in [0.1, 0.15) is 35.7 Å². The fourth-order valence-corrected chi connectivity index (χ4v) is 4.89. The van der Waals surface area contributed by atoms with Crippen LogP contribution in [0.3, 0.4) is 0 Å². The van der Waals surface area contributed by atoms with E-state index in [0.717, 1.165) is 0 Å². The average molecular weight is 462 g/mol. The summed E-state index contributed by atoms with van der Waals surface area (Å²) in [5.41, 5.74) is 5.15. The smallest absolute Gasteiger partial charge is 0.348 e. The molecule has 1 aliphatic rings. The molecule has 34 heavy (non-hydrogen) atoms. The predicted octanol–water partition coefficient (Wildman–Crippen LogP) is 2.09. The lowest BCUT2D eigenvalue weighted by atomic mass is 9.86. The number of carbonyl (C=O) groups excluding carboxylic acids is 2. The normalized spacial score (nSPS) is 21.4. The second-order valence-corrected chi connectivity index (χ2v) is 8.95. The van der Waals surface area contributed by atoms with Crippen LogP contribution in [0, 0.1) is 0 Å². The summed E-state index contributed by atoms with van der Waals surface area (Å²) in [4.78, 5) is 26.0. The highest BCUT2D eigenvalue weighted by atomic mass is 16.6. The zero-order valence-corrected chi connectivity index (χ0v) is 19.1. The highest BCUT2D eigenvalue weighted by molar-refractivity contribution is 5.85. The first kappa shape index (κ1) is 23.5. The van der Waals surface area contributed by atoms with E-state index in [1.165, 1.54) is 6.20 Å². The largest absolute Gasteiger partial charge is 0.454 e. The molecule has 3 aromatic rings. The van der Waals surface area contributed by atoms with Gasteiger partial charge in [0.1, 0.15) is 12.2 Å². The Balaban J connectivity index is 1.61. The number of quaternary nitrogens is 1. The molecule has 1 saturated heterocycles. The molecule has 2 aromatic carbocycles. The van der Waals surface area contributed by atoms with Crippen molar-refractivity contribution in [2.75, 3.05) is 20.1 Å². The molecule has 0 bridgehead atoms. The van der Waals surface area contributed by atoms with Gasteiger partial charge in [0.2, 0.25) is 11.6 Å². The molecular formula is C26H29N4O4+.